The minimum absolute atomic E-state index is 0.0111. The van der Waals surface area contributed by atoms with Crippen molar-refractivity contribution in [2.75, 3.05) is 0 Å². The van der Waals surface area contributed by atoms with E-state index < -0.39 is 0 Å². The van der Waals surface area contributed by atoms with Gasteiger partial charge in [0.1, 0.15) is 0 Å². The molecule has 0 fully saturated rings. The Hall–Kier alpha value is -2.99. The largest absolute Gasteiger partial charge is 0.308 e. The molecule has 0 saturated carbocycles. The first-order valence-corrected chi connectivity index (χ1v) is 6.50. The maximum atomic E-state index is 12.4. The van der Waals surface area contributed by atoms with E-state index >= 15 is 0 Å². The number of carbonyl (C=O) groups is 2. The van der Waals surface area contributed by atoms with Gasteiger partial charge in [0.2, 0.25) is 5.70 Å². The third-order valence-corrected chi connectivity index (χ3v) is 3.56. The van der Waals surface area contributed by atoms with Crippen molar-refractivity contribution in [2.24, 2.45) is 0 Å². The van der Waals surface area contributed by atoms with Gasteiger partial charge >= 0.3 is 0 Å². The molecule has 0 saturated heterocycles. The van der Waals surface area contributed by atoms with Crippen molar-refractivity contribution in [2.45, 2.75) is 6.92 Å². The molecule has 1 aliphatic carbocycles. The SMILES string of the molecule is [C-]#[N+]C(=Cc1cccc2c1-c1ccccc1C2=O)C(C)=O. The second-order valence-corrected chi connectivity index (χ2v) is 4.84. The Kier molecular flexibility index (Phi) is 3.00. The Bertz CT molecular complexity index is 854. The molecule has 0 aliphatic heterocycles. The molecular weight excluding hydrogens is 262 g/mol. The molecule has 0 heterocycles. The molecule has 0 atom stereocenters. The van der Waals surface area contributed by atoms with Gasteiger partial charge in [0.05, 0.1) is 6.57 Å². The summed E-state index contributed by atoms with van der Waals surface area (Å²) in [4.78, 5) is 27.1. The van der Waals surface area contributed by atoms with E-state index in [9.17, 15) is 9.59 Å². The van der Waals surface area contributed by atoms with Gasteiger partial charge in [-0.15, -0.1) is 0 Å². The Morgan fingerprint density at radius 1 is 1.05 bits per heavy atom. The van der Waals surface area contributed by atoms with Crippen LogP contribution in [0.15, 0.2) is 48.2 Å². The molecule has 21 heavy (non-hydrogen) atoms. The maximum Gasteiger partial charge on any atom is 0.229 e. The van der Waals surface area contributed by atoms with Crippen LogP contribution in [0, 0.1) is 6.57 Å². The molecule has 2 aromatic rings. The zero-order chi connectivity index (χ0) is 15.0. The molecule has 100 valence electrons. The highest BCUT2D eigenvalue weighted by molar-refractivity contribution is 6.22. The first-order valence-electron chi connectivity index (χ1n) is 6.50. The van der Waals surface area contributed by atoms with Crippen molar-refractivity contribution in [3.8, 4) is 11.1 Å². The summed E-state index contributed by atoms with van der Waals surface area (Å²) in [6.07, 6.45) is 1.56. The van der Waals surface area contributed by atoms with Crippen LogP contribution in [0.1, 0.15) is 28.4 Å². The lowest BCUT2D eigenvalue weighted by Gasteiger charge is -2.05. The number of benzene rings is 2. The van der Waals surface area contributed by atoms with Gasteiger partial charge in [0.15, 0.2) is 11.6 Å². The first kappa shape index (κ1) is 13.0. The molecule has 2 aromatic carbocycles. The van der Waals surface area contributed by atoms with Crippen molar-refractivity contribution in [3.05, 3.63) is 76.3 Å². The molecule has 0 N–H and O–H groups in total. The average molecular weight is 273 g/mol. The summed E-state index contributed by atoms with van der Waals surface area (Å²) < 4.78 is 0. The number of rotatable bonds is 2. The van der Waals surface area contributed by atoms with Crippen LogP contribution < -0.4 is 0 Å². The van der Waals surface area contributed by atoms with E-state index in [2.05, 4.69) is 4.85 Å². The predicted molar refractivity (Wildman–Crippen MR) is 80.6 cm³/mol. The third-order valence-electron chi connectivity index (χ3n) is 3.56. The number of allylic oxidation sites excluding steroid dienone is 1. The first-order chi connectivity index (χ1) is 10.1. The summed E-state index contributed by atoms with van der Waals surface area (Å²) in [7, 11) is 0. The minimum Gasteiger partial charge on any atom is -0.308 e. The van der Waals surface area contributed by atoms with E-state index in [1.54, 1.807) is 24.3 Å². The fourth-order valence-electron chi connectivity index (χ4n) is 2.58. The van der Waals surface area contributed by atoms with E-state index in [4.69, 9.17) is 6.57 Å². The number of hydrogen-bond acceptors (Lipinski definition) is 2. The quantitative estimate of drug-likeness (QED) is 0.527. The fraction of sp³-hybridized carbons (Fsp3) is 0.0556. The van der Waals surface area contributed by atoms with Crippen LogP contribution in [0.3, 0.4) is 0 Å². The van der Waals surface area contributed by atoms with Gasteiger partial charge in [0, 0.05) is 11.1 Å². The van der Waals surface area contributed by atoms with E-state index in [1.807, 2.05) is 24.3 Å². The van der Waals surface area contributed by atoms with Crippen LogP contribution >= 0.6 is 0 Å². The fourth-order valence-corrected chi connectivity index (χ4v) is 2.58. The lowest BCUT2D eigenvalue weighted by atomic mass is 9.98. The van der Waals surface area contributed by atoms with Crippen LogP contribution in [0.4, 0.5) is 0 Å². The van der Waals surface area contributed by atoms with E-state index in [0.29, 0.717) is 11.1 Å². The highest BCUT2D eigenvalue weighted by Crippen LogP contribution is 2.39. The minimum atomic E-state index is -0.278. The smallest absolute Gasteiger partial charge is 0.229 e. The summed E-state index contributed by atoms with van der Waals surface area (Å²) in [5.74, 6) is -0.289. The van der Waals surface area contributed by atoms with Crippen molar-refractivity contribution < 1.29 is 9.59 Å². The molecule has 0 unspecified atom stereocenters. The van der Waals surface area contributed by atoms with Crippen LogP contribution in [-0.2, 0) is 4.79 Å². The van der Waals surface area contributed by atoms with Gasteiger partial charge in [-0.3, -0.25) is 4.79 Å². The van der Waals surface area contributed by atoms with Gasteiger partial charge in [-0.2, -0.15) is 0 Å². The maximum absolute atomic E-state index is 12.4. The van der Waals surface area contributed by atoms with E-state index in [1.165, 1.54) is 6.92 Å². The number of Topliss-reactive ketones (excluding diaryl/α,β-unsaturated/α-hetero) is 1. The summed E-state index contributed by atoms with van der Waals surface area (Å²) >= 11 is 0. The van der Waals surface area contributed by atoms with Crippen molar-refractivity contribution in [3.63, 3.8) is 0 Å². The zero-order valence-electron chi connectivity index (χ0n) is 11.4. The van der Waals surface area contributed by atoms with Gasteiger partial charge in [0.25, 0.3) is 0 Å². The number of ketones is 2. The molecule has 0 spiro atoms. The molecule has 3 nitrogen and oxygen atoms in total. The summed E-state index contributed by atoms with van der Waals surface area (Å²) in [6, 6.07) is 12.8. The lowest BCUT2D eigenvalue weighted by Crippen LogP contribution is -1.95. The Labute approximate surface area is 122 Å². The topological polar surface area (TPSA) is 38.5 Å². The van der Waals surface area contributed by atoms with Crippen molar-refractivity contribution in [1.29, 1.82) is 0 Å². The number of hydrogen-bond donors (Lipinski definition) is 0. The predicted octanol–water partition coefficient (Wildman–Crippen LogP) is 3.75. The average Bonchev–Trinajstić information content (AvgIpc) is 2.79. The Morgan fingerprint density at radius 3 is 2.38 bits per heavy atom. The molecule has 0 radical (unpaired) electrons. The molecule has 0 bridgehead atoms. The normalized spacial score (nSPS) is 12.6. The molecular formula is C18H11NO2. The number of nitrogens with zero attached hydrogens (tertiary/aromatic N) is 1. The van der Waals surface area contributed by atoms with Crippen LogP contribution in [-0.4, -0.2) is 11.6 Å². The standard InChI is InChI=1S/C18H11NO2/c1-11(20)16(19-2)10-12-6-5-9-15-17(12)13-7-3-4-8-14(13)18(15)21/h3-10H,1H3. The summed E-state index contributed by atoms with van der Waals surface area (Å²) in [5.41, 5.74) is 3.75. The van der Waals surface area contributed by atoms with E-state index in [-0.39, 0.29) is 17.3 Å². The highest BCUT2D eigenvalue weighted by atomic mass is 16.1. The van der Waals surface area contributed by atoms with Crippen molar-refractivity contribution >= 4 is 17.6 Å². The second kappa shape index (κ2) is 4.84. The van der Waals surface area contributed by atoms with Gasteiger partial charge < -0.3 is 4.79 Å². The second-order valence-electron chi connectivity index (χ2n) is 4.84. The lowest BCUT2D eigenvalue weighted by molar-refractivity contribution is -0.113. The van der Waals surface area contributed by atoms with Crippen LogP contribution in [0.25, 0.3) is 22.0 Å². The number of carbonyl (C=O) groups excluding carboxylic acids is 2. The Morgan fingerprint density at radius 2 is 1.71 bits per heavy atom. The van der Waals surface area contributed by atoms with Crippen LogP contribution in [0.2, 0.25) is 0 Å². The monoisotopic (exact) mass is 273 g/mol. The molecule has 0 amide bonds. The van der Waals surface area contributed by atoms with Crippen LogP contribution in [0.5, 0.6) is 0 Å². The highest BCUT2D eigenvalue weighted by Gasteiger charge is 2.27. The van der Waals surface area contributed by atoms with Crippen molar-refractivity contribution in [1.82, 2.24) is 0 Å². The zero-order valence-corrected chi connectivity index (χ0v) is 11.4. The molecule has 0 aromatic heterocycles. The van der Waals surface area contributed by atoms with Gasteiger partial charge in [-0.1, -0.05) is 42.5 Å². The summed E-state index contributed by atoms with van der Waals surface area (Å²) in [5, 5.41) is 0. The van der Waals surface area contributed by atoms with Gasteiger partial charge in [-0.05, 0) is 29.7 Å². The molecule has 3 rings (SSSR count). The molecule has 1 aliphatic rings. The Balaban J connectivity index is 2.29. The molecule has 3 heteroatoms. The van der Waals surface area contributed by atoms with Gasteiger partial charge in [-0.25, -0.2) is 4.85 Å². The summed E-state index contributed by atoms with van der Waals surface area (Å²) in [6.45, 7) is 8.46. The van der Waals surface area contributed by atoms with E-state index in [0.717, 1.165) is 16.7 Å². The third kappa shape index (κ3) is 1.98. The number of fused-ring (bicyclic) bond motifs is 3.